The third-order valence-electron chi connectivity index (χ3n) is 4.85. The second-order valence-corrected chi connectivity index (χ2v) is 7.77. The van der Waals surface area contributed by atoms with E-state index >= 15 is 0 Å². The number of nitrogens with zero attached hydrogens (tertiary/aromatic N) is 3. The van der Waals surface area contributed by atoms with Crippen LogP contribution in [0.5, 0.6) is 0 Å². The van der Waals surface area contributed by atoms with Crippen LogP contribution in [-0.2, 0) is 4.79 Å². The first-order chi connectivity index (χ1) is 13.2. The van der Waals surface area contributed by atoms with Crippen LogP contribution in [0.3, 0.4) is 0 Å². The Balaban J connectivity index is 1.44. The molecule has 134 valence electrons. The molecule has 27 heavy (non-hydrogen) atoms. The quantitative estimate of drug-likeness (QED) is 0.631. The van der Waals surface area contributed by atoms with Crippen LogP contribution in [0.25, 0.3) is 16.3 Å². The lowest BCUT2D eigenvalue weighted by atomic mass is 9.98. The van der Waals surface area contributed by atoms with Crippen molar-refractivity contribution in [1.82, 2.24) is 9.88 Å². The lowest BCUT2D eigenvalue weighted by molar-refractivity contribution is -0.127. The Bertz CT molecular complexity index is 997. The molecule has 3 aromatic rings. The van der Waals surface area contributed by atoms with E-state index in [2.05, 4.69) is 12.1 Å². The summed E-state index contributed by atoms with van der Waals surface area (Å²) in [6.07, 6.45) is 5.51. The predicted molar refractivity (Wildman–Crippen MR) is 108 cm³/mol. The van der Waals surface area contributed by atoms with E-state index in [4.69, 9.17) is 10.2 Å². The van der Waals surface area contributed by atoms with Gasteiger partial charge in [0.05, 0.1) is 26.9 Å². The van der Waals surface area contributed by atoms with E-state index in [9.17, 15) is 4.79 Å². The Labute approximate surface area is 162 Å². The summed E-state index contributed by atoms with van der Waals surface area (Å²) in [4.78, 5) is 19.3. The molecule has 0 N–H and O–H groups in total. The monoisotopic (exact) mass is 373 g/mol. The largest absolute Gasteiger partial charge is 0.338 e. The highest BCUT2D eigenvalue weighted by Crippen LogP contribution is 2.33. The predicted octanol–water partition coefficient (Wildman–Crippen LogP) is 4.59. The number of carbonyl (C=O) groups excluding carboxylic acids is 1. The lowest BCUT2D eigenvalue weighted by Crippen LogP contribution is -2.38. The fourth-order valence-electron chi connectivity index (χ4n) is 3.39. The van der Waals surface area contributed by atoms with Gasteiger partial charge in [-0.15, -0.1) is 11.3 Å². The summed E-state index contributed by atoms with van der Waals surface area (Å²) in [7, 11) is 0. The first-order valence-corrected chi connectivity index (χ1v) is 9.87. The average molecular weight is 373 g/mol. The van der Waals surface area contributed by atoms with Gasteiger partial charge in [-0.1, -0.05) is 24.3 Å². The van der Waals surface area contributed by atoms with Gasteiger partial charge in [-0.05, 0) is 48.7 Å². The fourth-order valence-corrected chi connectivity index (χ4v) is 4.48. The third-order valence-corrected chi connectivity index (χ3v) is 6.05. The molecular formula is C22H19N3OS. The molecule has 0 spiro atoms. The van der Waals surface area contributed by atoms with E-state index in [0.717, 1.165) is 42.0 Å². The Hall–Kier alpha value is -2.97. The van der Waals surface area contributed by atoms with Crippen molar-refractivity contribution >= 4 is 33.5 Å². The van der Waals surface area contributed by atoms with Gasteiger partial charge in [-0.2, -0.15) is 5.26 Å². The number of amides is 1. The van der Waals surface area contributed by atoms with Crippen LogP contribution in [0, 0.1) is 11.3 Å². The minimum absolute atomic E-state index is 0.0326. The Morgan fingerprint density at radius 3 is 2.81 bits per heavy atom. The minimum Gasteiger partial charge on any atom is -0.338 e. The number of likely N-dealkylation sites (tertiary alicyclic amines) is 1. The number of benzene rings is 2. The lowest BCUT2D eigenvalue weighted by Gasteiger charge is -2.31. The van der Waals surface area contributed by atoms with Crippen LogP contribution >= 0.6 is 11.3 Å². The van der Waals surface area contributed by atoms with Crippen LogP contribution in [0.1, 0.15) is 34.9 Å². The van der Waals surface area contributed by atoms with Crippen LogP contribution in [0.2, 0.25) is 0 Å². The maximum atomic E-state index is 12.6. The zero-order valence-corrected chi connectivity index (χ0v) is 15.7. The molecule has 1 fully saturated rings. The van der Waals surface area contributed by atoms with Crippen molar-refractivity contribution in [2.24, 2.45) is 0 Å². The normalized spacial score (nSPS) is 17.3. The van der Waals surface area contributed by atoms with Crippen molar-refractivity contribution < 1.29 is 4.79 Å². The zero-order chi connectivity index (χ0) is 18.6. The number of nitriles is 1. The van der Waals surface area contributed by atoms with Gasteiger partial charge >= 0.3 is 0 Å². The van der Waals surface area contributed by atoms with E-state index in [-0.39, 0.29) is 5.91 Å². The second kappa shape index (κ2) is 7.73. The molecule has 1 aliphatic heterocycles. The number of hydrogen-bond donors (Lipinski definition) is 0. The number of piperidine rings is 1. The summed E-state index contributed by atoms with van der Waals surface area (Å²) in [5.41, 5.74) is 2.58. The zero-order valence-electron chi connectivity index (χ0n) is 14.8. The molecule has 5 heteroatoms. The highest BCUT2D eigenvalue weighted by molar-refractivity contribution is 7.18. The number of hydrogen-bond acceptors (Lipinski definition) is 4. The van der Waals surface area contributed by atoms with Gasteiger partial charge in [0.2, 0.25) is 5.91 Å². The Morgan fingerprint density at radius 1 is 1.22 bits per heavy atom. The number of carbonyl (C=O) groups is 1. The number of para-hydroxylation sites is 1. The summed E-state index contributed by atoms with van der Waals surface area (Å²) < 4.78 is 1.21. The first kappa shape index (κ1) is 17.4. The van der Waals surface area contributed by atoms with E-state index in [0.29, 0.717) is 11.5 Å². The van der Waals surface area contributed by atoms with Crippen LogP contribution < -0.4 is 0 Å². The number of thiazole rings is 1. The van der Waals surface area contributed by atoms with Gasteiger partial charge in [0, 0.05) is 25.1 Å². The van der Waals surface area contributed by atoms with Crippen LogP contribution in [0.15, 0.2) is 54.6 Å². The van der Waals surface area contributed by atoms with Crippen molar-refractivity contribution in [3.63, 3.8) is 0 Å². The SMILES string of the molecule is N#Cc1ccc(/C=C/C(=O)N2CCC[C@@H](c3nc4ccccc4s3)C2)cc1. The topological polar surface area (TPSA) is 57.0 Å². The molecule has 0 saturated carbocycles. The molecular weight excluding hydrogens is 354 g/mol. The van der Waals surface area contributed by atoms with Gasteiger partial charge in [-0.3, -0.25) is 4.79 Å². The minimum atomic E-state index is 0.0326. The van der Waals surface area contributed by atoms with Crippen molar-refractivity contribution in [1.29, 1.82) is 5.26 Å². The van der Waals surface area contributed by atoms with Gasteiger partial charge in [-0.25, -0.2) is 4.98 Å². The average Bonchev–Trinajstić information content (AvgIpc) is 3.17. The molecule has 0 radical (unpaired) electrons. The number of fused-ring (bicyclic) bond motifs is 1. The summed E-state index contributed by atoms with van der Waals surface area (Å²) in [6, 6.07) is 17.5. The summed E-state index contributed by atoms with van der Waals surface area (Å²) >= 11 is 1.74. The molecule has 1 amide bonds. The van der Waals surface area contributed by atoms with Crippen LogP contribution in [0.4, 0.5) is 0 Å². The van der Waals surface area contributed by atoms with E-state index in [1.54, 1.807) is 29.5 Å². The Morgan fingerprint density at radius 2 is 2.04 bits per heavy atom. The summed E-state index contributed by atoms with van der Waals surface area (Å²) in [5, 5.41) is 9.98. The van der Waals surface area contributed by atoms with Crippen molar-refractivity contribution in [2.75, 3.05) is 13.1 Å². The molecule has 1 saturated heterocycles. The summed E-state index contributed by atoms with van der Waals surface area (Å²) in [5.74, 6) is 0.341. The number of aromatic nitrogens is 1. The van der Waals surface area contributed by atoms with Gasteiger partial charge < -0.3 is 4.90 Å². The smallest absolute Gasteiger partial charge is 0.246 e. The van der Waals surface area contributed by atoms with Gasteiger partial charge in [0.25, 0.3) is 0 Å². The van der Waals surface area contributed by atoms with Crippen molar-refractivity contribution in [2.45, 2.75) is 18.8 Å². The Kier molecular flexibility index (Phi) is 4.99. The molecule has 4 nitrogen and oxygen atoms in total. The molecule has 0 unspecified atom stereocenters. The van der Waals surface area contributed by atoms with E-state index in [1.165, 1.54) is 4.70 Å². The first-order valence-electron chi connectivity index (χ1n) is 9.05. The highest BCUT2D eigenvalue weighted by atomic mass is 32.1. The third kappa shape index (κ3) is 3.91. The molecule has 1 aliphatic rings. The number of rotatable bonds is 3. The molecule has 4 rings (SSSR count). The molecule has 2 heterocycles. The van der Waals surface area contributed by atoms with Crippen molar-refractivity contribution in [3.8, 4) is 6.07 Å². The molecule has 1 atom stereocenters. The van der Waals surface area contributed by atoms with Crippen LogP contribution in [-0.4, -0.2) is 28.9 Å². The molecule has 0 bridgehead atoms. The summed E-state index contributed by atoms with van der Waals surface area (Å²) in [6.45, 7) is 1.51. The second-order valence-electron chi connectivity index (χ2n) is 6.71. The molecule has 1 aromatic heterocycles. The highest BCUT2D eigenvalue weighted by Gasteiger charge is 2.25. The maximum Gasteiger partial charge on any atom is 0.246 e. The fraction of sp³-hybridized carbons (Fsp3) is 0.227. The maximum absolute atomic E-state index is 12.6. The van der Waals surface area contributed by atoms with E-state index in [1.807, 2.05) is 41.3 Å². The van der Waals surface area contributed by atoms with E-state index < -0.39 is 0 Å². The standard InChI is InChI=1S/C22H19N3OS/c23-14-17-9-7-16(8-10-17)11-12-21(26)25-13-3-4-18(15-25)22-24-19-5-1-2-6-20(19)27-22/h1-2,5-12,18H,3-4,13,15H2/b12-11+/t18-/m1/s1. The van der Waals surface area contributed by atoms with Gasteiger partial charge in [0.15, 0.2) is 0 Å². The molecule has 2 aromatic carbocycles. The molecule has 0 aliphatic carbocycles. The van der Waals surface area contributed by atoms with Crippen molar-refractivity contribution in [3.05, 3.63) is 70.7 Å². The van der Waals surface area contributed by atoms with Gasteiger partial charge in [0.1, 0.15) is 0 Å².